The molecule has 0 bridgehead atoms. The molecule has 2 fully saturated rings. The quantitative estimate of drug-likeness (QED) is 0.173. The van der Waals surface area contributed by atoms with Gasteiger partial charge in [0, 0.05) is 29.9 Å². The topological polar surface area (TPSA) is 80.2 Å². The lowest BCUT2D eigenvalue weighted by Crippen LogP contribution is -2.51. The zero-order chi connectivity index (χ0) is 30.9. The van der Waals surface area contributed by atoms with Crippen molar-refractivity contribution in [1.82, 2.24) is 0 Å². The minimum Gasteiger partial charge on any atom is -0.633 e. The summed E-state index contributed by atoms with van der Waals surface area (Å²) < 4.78 is 94.5. The first-order chi connectivity index (χ1) is 20.2. The van der Waals surface area contributed by atoms with E-state index in [0.29, 0.717) is 13.2 Å². The molecule has 232 valence electrons. The van der Waals surface area contributed by atoms with E-state index in [4.69, 9.17) is 9.47 Å². The Balaban J connectivity index is 1.35. The van der Waals surface area contributed by atoms with Gasteiger partial charge in [-0.3, -0.25) is 0 Å². The van der Waals surface area contributed by atoms with Crippen LogP contribution >= 0.6 is 0 Å². The largest absolute Gasteiger partial charge is 0.633 e. The summed E-state index contributed by atoms with van der Waals surface area (Å²) >= 11 is 0. The van der Waals surface area contributed by atoms with Gasteiger partial charge < -0.3 is 33.9 Å². The number of quaternary nitrogens is 1. The average Bonchev–Trinajstić information content (AvgIpc) is 3.48. The molecule has 0 aliphatic carbocycles. The summed E-state index contributed by atoms with van der Waals surface area (Å²) in [6, 6.07) is 16.7. The summed E-state index contributed by atoms with van der Waals surface area (Å²) in [5.41, 5.74) is 0.234. The first-order valence-corrected chi connectivity index (χ1v) is 13.6. The normalized spacial score (nSPS) is 22.0. The zero-order valence-electron chi connectivity index (χ0n) is 22.7. The molecule has 3 aromatic rings. The molecular formula is C30H29F6NO6. The third-order valence-electron chi connectivity index (χ3n) is 7.76. The maximum Gasteiger partial charge on any atom is 0.573 e. The van der Waals surface area contributed by atoms with Crippen molar-refractivity contribution in [2.75, 3.05) is 26.3 Å². The third kappa shape index (κ3) is 7.60. The summed E-state index contributed by atoms with van der Waals surface area (Å²) in [5, 5.41) is 25.9. The molecule has 0 atom stereocenters. The van der Waals surface area contributed by atoms with Crippen molar-refractivity contribution < 1.29 is 55.0 Å². The molecule has 1 N–H and O–H groups in total. The molecule has 0 saturated carbocycles. The van der Waals surface area contributed by atoms with Crippen LogP contribution in [0.5, 0.6) is 11.5 Å². The van der Waals surface area contributed by atoms with Crippen LogP contribution in [0, 0.1) is 11.1 Å². The van der Waals surface area contributed by atoms with Gasteiger partial charge in [-0.1, -0.05) is 48.5 Å². The predicted molar refractivity (Wildman–Crippen MR) is 140 cm³/mol. The van der Waals surface area contributed by atoms with Gasteiger partial charge in [0.2, 0.25) is 0 Å². The summed E-state index contributed by atoms with van der Waals surface area (Å²) in [5.74, 6) is -1.57. The van der Waals surface area contributed by atoms with E-state index in [1.165, 1.54) is 24.3 Å². The van der Waals surface area contributed by atoms with E-state index < -0.39 is 46.7 Å². The standard InChI is InChI=1S/C30H29F6NO6/c31-29(32,33)42-25-9-5-22(6-10-25)28(38,23-7-11-26(12-8-23)43-30(34,35)36)24-13-15-37(39,16-14-24)19-20-1-3-21(4-2-20)27-40-17-18-41-27/h1-12,24,27,38H,13-19H2. The molecule has 0 spiro atoms. The van der Waals surface area contributed by atoms with Crippen molar-refractivity contribution in [2.45, 2.75) is 44.0 Å². The average molecular weight is 614 g/mol. The summed E-state index contributed by atoms with van der Waals surface area (Å²) in [6.45, 7) is 1.47. The van der Waals surface area contributed by atoms with E-state index in [1.54, 1.807) is 0 Å². The highest BCUT2D eigenvalue weighted by Gasteiger charge is 2.44. The van der Waals surface area contributed by atoms with Crippen molar-refractivity contribution in [2.24, 2.45) is 5.92 Å². The Morgan fingerprint density at radius 2 is 1.16 bits per heavy atom. The monoisotopic (exact) mass is 613 g/mol. The van der Waals surface area contributed by atoms with E-state index in [-0.39, 0.29) is 43.6 Å². The van der Waals surface area contributed by atoms with Crippen LogP contribution in [0.1, 0.15) is 41.4 Å². The van der Waals surface area contributed by atoms with E-state index >= 15 is 0 Å². The van der Waals surface area contributed by atoms with Crippen LogP contribution in [0.2, 0.25) is 0 Å². The molecule has 2 aliphatic rings. The fraction of sp³-hybridized carbons (Fsp3) is 0.400. The van der Waals surface area contributed by atoms with Crippen LogP contribution in [-0.4, -0.2) is 48.8 Å². The number of rotatable bonds is 8. The molecular weight excluding hydrogens is 584 g/mol. The minimum absolute atomic E-state index is 0.133. The molecule has 2 saturated heterocycles. The van der Waals surface area contributed by atoms with E-state index in [2.05, 4.69) is 9.47 Å². The molecule has 0 unspecified atom stereocenters. The molecule has 43 heavy (non-hydrogen) atoms. The molecule has 13 heteroatoms. The van der Waals surface area contributed by atoms with E-state index in [0.717, 1.165) is 35.4 Å². The number of halogens is 6. The van der Waals surface area contributed by atoms with Crippen molar-refractivity contribution in [3.05, 3.63) is 100 Å². The molecule has 0 radical (unpaired) electrons. The SMILES string of the molecule is [O-][N+]1(Cc2ccc(C3OCCO3)cc2)CCC(C(O)(c2ccc(OC(F)(F)F)cc2)c2ccc(OC(F)(F)F)cc2)CC1. The lowest BCUT2D eigenvalue weighted by Gasteiger charge is -2.50. The zero-order valence-corrected chi connectivity index (χ0v) is 22.7. The van der Waals surface area contributed by atoms with Gasteiger partial charge in [0.05, 0.1) is 26.3 Å². The van der Waals surface area contributed by atoms with Gasteiger partial charge in [-0.2, -0.15) is 0 Å². The molecule has 7 nitrogen and oxygen atoms in total. The smallest absolute Gasteiger partial charge is 0.573 e. The lowest BCUT2D eigenvalue weighted by atomic mass is 9.72. The van der Waals surface area contributed by atoms with Crippen LogP contribution in [0.4, 0.5) is 26.3 Å². The highest BCUT2D eigenvalue weighted by Crippen LogP contribution is 2.44. The summed E-state index contributed by atoms with van der Waals surface area (Å²) in [7, 11) is 0. The Labute approximate surface area is 243 Å². The number of ether oxygens (including phenoxy) is 4. The van der Waals surface area contributed by atoms with Crippen LogP contribution in [0.25, 0.3) is 0 Å². The summed E-state index contributed by atoms with van der Waals surface area (Å²) in [6.07, 6.45) is -9.78. The van der Waals surface area contributed by atoms with Gasteiger partial charge >= 0.3 is 12.7 Å². The van der Waals surface area contributed by atoms with Crippen molar-refractivity contribution in [1.29, 1.82) is 0 Å². The fourth-order valence-corrected chi connectivity index (χ4v) is 5.74. The first-order valence-electron chi connectivity index (χ1n) is 13.6. The second-order valence-electron chi connectivity index (χ2n) is 10.7. The first kappa shape index (κ1) is 31.1. The van der Waals surface area contributed by atoms with Gasteiger partial charge in [0.25, 0.3) is 0 Å². The Hall–Kier alpha value is -3.36. The van der Waals surface area contributed by atoms with Crippen molar-refractivity contribution in [3.8, 4) is 11.5 Å². The number of benzene rings is 3. The molecule has 5 rings (SSSR count). The van der Waals surface area contributed by atoms with Gasteiger partial charge in [-0.05, 0) is 35.4 Å². The Morgan fingerprint density at radius 1 is 0.721 bits per heavy atom. The Bertz CT molecular complexity index is 1290. The Kier molecular flexibility index (Phi) is 8.65. The number of alkyl halides is 6. The summed E-state index contributed by atoms with van der Waals surface area (Å²) in [4.78, 5) is 0. The number of nitrogens with zero attached hydrogens (tertiary/aromatic N) is 1. The number of hydrogen-bond donors (Lipinski definition) is 1. The number of hydrogen-bond acceptors (Lipinski definition) is 6. The minimum atomic E-state index is -4.91. The molecule has 3 aromatic carbocycles. The number of likely N-dealkylation sites (tertiary alicyclic amines) is 1. The number of piperidine rings is 1. The van der Waals surface area contributed by atoms with Crippen LogP contribution in [-0.2, 0) is 21.6 Å². The van der Waals surface area contributed by atoms with Gasteiger partial charge in [-0.15, -0.1) is 26.3 Å². The van der Waals surface area contributed by atoms with Gasteiger partial charge in [0.1, 0.15) is 23.6 Å². The van der Waals surface area contributed by atoms with Crippen LogP contribution < -0.4 is 9.47 Å². The second-order valence-corrected chi connectivity index (χ2v) is 10.7. The second kappa shape index (κ2) is 12.0. The maximum atomic E-state index is 13.7. The van der Waals surface area contributed by atoms with E-state index in [9.17, 15) is 36.7 Å². The predicted octanol–water partition coefficient (Wildman–Crippen LogP) is 6.69. The van der Waals surface area contributed by atoms with Gasteiger partial charge in [0.15, 0.2) is 6.29 Å². The van der Waals surface area contributed by atoms with Gasteiger partial charge in [-0.25, -0.2) is 0 Å². The number of aliphatic hydroxyl groups is 1. The van der Waals surface area contributed by atoms with Crippen molar-refractivity contribution in [3.63, 3.8) is 0 Å². The maximum absolute atomic E-state index is 13.7. The molecule has 0 aromatic heterocycles. The highest BCUT2D eigenvalue weighted by molar-refractivity contribution is 5.42. The van der Waals surface area contributed by atoms with E-state index in [1.807, 2.05) is 24.3 Å². The molecule has 0 amide bonds. The van der Waals surface area contributed by atoms with Crippen LogP contribution in [0.3, 0.4) is 0 Å². The molecule has 2 heterocycles. The van der Waals surface area contributed by atoms with Crippen molar-refractivity contribution >= 4 is 0 Å². The third-order valence-corrected chi connectivity index (χ3v) is 7.76. The fourth-order valence-electron chi connectivity index (χ4n) is 5.74. The molecule has 2 aliphatic heterocycles. The van der Waals surface area contributed by atoms with Crippen LogP contribution in [0.15, 0.2) is 72.8 Å². The number of hydroxylamine groups is 3. The highest BCUT2D eigenvalue weighted by atomic mass is 19.4. The Morgan fingerprint density at radius 3 is 1.58 bits per heavy atom. The lowest BCUT2D eigenvalue weighted by molar-refractivity contribution is -0.900.